The fourth-order valence-electron chi connectivity index (χ4n) is 1.75. The number of sulfone groups is 1. The predicted molar refractivity (Wildman–Crippen MR) is 86.1 cm³/mol. The molecule has 1 rings (SSSR count). The average molecular weight is 364 g/mol. The smallest absolute Gasteiger partial charge is 0.150 e. The van der Waals surface area contributed by atoms with Gasteiger partial charge in [-0.05, 0) is 32.5 Å². The predicted octanol–water partition coefficient (Wildman–Crippen LogP) is 2.93. The lowest BCUT2D eigenvalue weighted by Gasteiger charge is -2.17. The molecule has 114 valence electrons. The van der Waals surface area contributed by atoms with Crippen LogP contribution < -0.4 is 10.1 Å². The normalized spacial score (nSPS) is 13.2. The van der Waals surface area contributed by atoms with Gasteiger partial charge in [-0.15, -0.1) is 0 Å². The number of rotatable bonds is 8. The van der Waals surface area contributed by atoms with E-state index >= 15 is 0 Å². The molecule has 0 aliphatic carbocycles. The second-order valence-corrected chi connectivity index (χ2v) is 8.02. The van der Waals surface area contributed by atoms with Gasteiger partial charge in [0.05, 0.1) is 12.4 Å². The minimum absolute atomic E-state index is 0.175. The van der Waals surface area contributed by atoms with Gasteiger partial charge in [0, 0.05) is 21.8 Å². The average Bonchev–Trinajstić information content (AvgIpc) is 2.43. The Morgan fingerprint density at radius 1 is 1.40 bits per heavy atom. The maximum atomic E-state index is 11.4. The van der Waals surface area contributed by atoms with Gasteiger partial charge in [-0.1, -0.05) is 28.9 Å². The van der Waals surface area contributed by atoms with Crippen LogP contribution in [0.15, 0.2) is 22.7 Å². The molecule has 6 heteroatoms. The maximum Gasteiger partial charge on any atom is 0.150 e. The molecule has 0 fully saturated rings. The van der Waals surface area contributed by atoms with Crippen LogP contribution in [0.3, 0.4) is 0 Å². The van der Waals surface area contributed by atoms with Crippen molar-refractivity contribution in [3.8, 4) is 5.75 Å². The van der Waals surface area contributed by atoms with Gasteiger partial charge in [0.1, 0.15) is 15.6 Å². The monoisotopic (exact) mass is 363 g/mol. The Kier molecular flexibility index (Phi) is 6.99. The van der Waals surface area contributed by atoms with Crippen LogP contribution >= 0.6 is 15.9 Å². The van der Waals surface area contributed by atoms with E-state index in [1.54, 1.807) is 6.92 Å². The zero-order valence-corrected chi connectivity index (χ0v) is 14.6. The first-order valence-electron chi connectivity index (χ1n) is 6.69. The Balaban J connectivity index is 2.65. The van der Waals surface area contributed by atoms with Crippen LogP contribution in [0.1, 0.15) is 31.9 Å². The van der Waals surface area contributed by atoms with E-state index in [1.165, 1.54) is 0 Å². The molecule has 20 heavy (non-hydrogen) atoms. The molecule has 1 atom stereocenters. The van der Waals surface area contributed by atoms with E-state index in [0.29, 0.717) is 13.0 Å². The van der Waals surface area contributed by atoms with E-state index < -0.39 is 9.84 Å². The Morgan fingerprint density at radius 3 is 2.70 bits per heavy atom. The van der Waals surface area contributed by atoms with Crippen LogP contribution in [0, 0.1) is 0 Å². The van der Waals surface area contributed by atoms with Gasteiger partial charge in [-0.3, -0.25) is 0 Å². The maximum absolute atomic E-state index is 11.4. The lowest BCUT2D eigenvalue weighted by molar-refractivity contribution is 0.311. The van der Waals surface area contributed by atoms with Crippen molar-refractivity contribution in [2.75, 3.05) is 25.2 Å². The second-order valence-electron chi connectivity index (χ2n) is 4.63. The van der Waals surface area contributed by atoms with E-state index in [2.05, 4.69) is 28.2 Å². The Hall–Kier alpha value is -0.590. The summed E-state index contributed by atoms with van der Waals surface area (Å²) in [6.07, 6.45) is 0.510. The first-order valence-corrected chi connectivity index (χ1v) is 9.31. The summed E-state index contributed by atoms with van der Waals surface area (Å²) in [4.78, 5) is 0. The van der Waals surface area contributed by atoms with Crippen molar-refractivity contribution in [2.45, 2.75) is 26.3 Å². The molecule has 0 aliphatic heterocycles. The summed E-state index contributed by atoms with van der Waals surface area (Å²) in [6, 6.07) is 6.07. The largest absolute Gasteiger partial charge is 0.493 e. The minimum Gasteiger partial charge on any atom is -0.493 e. The molecule has 1 unspecified atom stereocenters. The molecule has 1 aromatic carbocycles. The van der Waals surface area contributed by atoms with Gasteiger partial charge in [-0.2, -0.15) is 0 Å². The highest BCUT2D eigenvalue weighted by Crippen LogP contribution is 2.28. The number of benzene rings is 1. The number of nitrogens with one attached hydrogen (secondary N) is 1. The quantitative estimate of drug-likeness (QED) is 0.721. The summed E-state index contributed by atoms with van der Waals surface area (Å²) in [7, 11) is -1.02. The van der Waals surface area contributed by atoms with E-state index in [4.69, 9.17) is 4.74 Å². The Bertz CT molecular complexity index is 531. The zero-order valence-electron chi connectivity index (χ0n) is 12.1. The highest BCUT2D eigenvalue weighted by atomic mass is 79.9. The highest BCUT2D eigenvalue weighted by molar-refractivity contribution is 9.10. The Labute approximate surface area is 130 Å². The highest BCUT2D eigenvalue weighted by Gasteiger charge is 2.11. The van der Waals surface area contributed by atoms with Crippen molar-refractivity contribution in [1.29, 1.82) is 0 Å². The second kappa shape index (κ2) is 8.00. The number of halogens is 1. The molecule has 0 saturated carbocycles. The number of hydrogen-bond donors (Lipinski definition) is 1. The van der Waals surface area contributed by atoms with Gasteiger partial charge in [0.15, 0.2) is 0 Å². The molecule has 1 aromatic rings. The van der Waals surface area contributed by atoms with E-state index in [1.807, 2.05) is 25.2 Å². The van der Waals surface area contributed by atoms with Crippen LogP contribution in [-0.4, -0.2) is 33.6 Å². The van der Waals surface area contributed by atoms with E-state index in [9.17, 15) is 8.42 Å². The molecule has 4 nitrogen and oxygen atoms in total. The molecular weight excluding hydrogens is 342 g/mol. The summed E-state index contributed by atoms with van der Waals surface area (Å²) < 4.78 is 29.5. The molecule has 0 aliphatic rings. The van der Waals surface area contributed by atoms with E-state index in [0.717, 1.165) is 15.8 Å². The summed E-state index contributed by atoms with van der Waals surface area (Å²) in [5.41, 5.74) is 1.06. The molecule has 0 heterocycles. The summed E-state index contributed by atoms with van der Waals surface area (Å²) in [6.45, 7) is 4.12. The molecule has 1 N–H and O–H groups in total. The molecule has 0 bridgehead atoms. The molecular formula is C14H22BrNO3S. The third-order valence-corrected chi connectivity index (χ3v) is 5.46. The lowest BCUT2D eigenvalue weighted by Crippen LogP contribution is -2.15. The third kappa shape index (κ3) is 5.42. The van der Waals surface area contributed by atoms with Crippen LogP contribution in [0.25, 0.3) is 0 Å². The van der Waals surface area contributed by atoms with Crippen LogP contribution in [-0.2, 0) is 9.84 Å². The zero-order chi connectivity index (χ0) is 15.2. The van der Waals surface area contributed by atoms with Gasteiger partial charge < -0.3 is 10.1 Å². The van der Waals surface area contributed by atoms with Crippen molar-refractivity contribution in [1.82, 2.24) is 5.32 Å². The number of ether oxygens (including phenoxy) is 1. The standard InChI is InChI=1S/C14H22BrNO3S/c1-4-20(17,18)9-5-8-19-14-10-12(15)6-7-13(14)11(2)16-3/h6-7,10-11,16H,4-5,8-9H2,1-3H3. The molecule has 0 radical (unpaired) electrons. The molecule has 0 saturated heterocycles. The van der Waals surface area contributed by atoms with Crippen LogP contribution in [0.2, 0.25) is 0 Å². The van der Waals surface area contributed by atoms with Gasteiger partial charge in [0.2, 0.25) is 0 Å². The van der Waals surface area contributed by atoms with E-state index in [-0.39, 0.29) is 17.5 Å². The van der Waals surface area contributed by atoms with Gasteiger partial charge in [-0.25, -0.2) is 8.42 Å². The summed E-state index contributed by atoms with van der Waals surface area (Å²) in [5, 5.41) is 3.17. The third-order valence-electron chi connectivity index (χ3n) is 3.17. The topological polar surface area (TPSA) is 55.4 Å². The SMILES string of the molecule is CCS(=O)(=O)CCCOc1cc(Br)ccc1C(C)NC. The van der Waals surface area contributed by atoms with Crippen molar-refractivity contribution in [3.63, 3.8) is 0 Å². The number of hydrogen-bond acceptors (Lipinski definition) is 4. The van der Waals surface area contributed by atoms with Crippen molar-refractivity contribution in [2.24, 2.45) is 0 Å². The van der Waals surface area contributed by atoms with Gasteiger partial charge in [0.25, 0.3) is 0 Å². The van der Waals surface area contributed by atoms with Crippen molar-refractivity contribution < 1.29 is 13.2 Å². The van der Waals surface area contributed by atoms with Crippen LogP contribution in [0.5, 0.6) is 5.75 Å². The first kappa shape index (κ1) is 17.5. The van der Waals surface area contributed by atoms with Crippen LogP contribution in [0.4, 0.5) is 0 Å². The fourth-order valence-corrected chi connectivity index (χ4v) is 2.94. The van der Waals surface area contributed by atoms with Crippen molar-refractivity contribution in [3.05, 3.63) is 28.2 Å². The minimum atomic E-state index is -2.91. The summed E-state index contributed by atoms with van der Waals surface area (Å²) >= 11 is 3.42. The fraction of sp³-hybridized carbons (Fsp3) is 0.571. The molecule has 0 aromatic heterocycles. The lowest BCUT2D eigenvalue weighted by atomic mass is 10.1. The molecule has 0 spiro atoms. The first-order chi connectivity index (χ1) is 9.39. The Morgan fingerprint density at radius 2 is 2.10 bits per heavy atom. The molecule has 0 amide bonds. The van der Waals surface area contributed by atoms with Gasteiger partial charge >= 0.3 is 0 Å². The summed E-state index contributed by atoms with van der Waals surface area (Å²) in [5.74, 6) is 1.15. The van der Waals surface area contributed by atoms with Crippen molar-refractivity contribution >= 4 is 25.8 Å².